The Balaban J connectivity index is 1.90. The molecule has 4 nitrogen and oxygen atoms in total. The number of nitrogens with zero attached hydrogens (tertiary/aromatic N) is 1. The van der Waals surface area contributed by atoms with Crippen LogP contribution >= 0.6 is 11.3 Å². The smallest absolute Gasteiger partial charge is 0.153 e. The highest BCUT2D eigenvalue weighted by Gasteiger charge is 2.20. The highest BCUT2D eigenvalue weighted by Crippen LogP contribution is 2.20. The van der Waals surface area contributed by atoms with Crippen LogP contribution in [0, 0.1) is 0 Å². The maximum Gasteiger partial charge on any atom is 0.153 e. The Morgan fingerprint density at radius 3 is 2.93 bits per heavy atom. The molecule has 0 aromatic carbocycles. The number of aromatic nitrogens is 1. The van der Waals surface area contributed by atoms with Crippen molar-refractivity contribution < 1.29 is 8.42 Å². The van der Waals surface area contributed by atoms with Gasteiger partial charge in [0.15, 0.2) is 9.84 Å². The Labute approximate surface area is 93.7 Å². The lowest BCUT2D eigenvalue weighted by Gasteiger charge is -1.97. The van der Waals surface area contributed by atoms with Gasteiger partial charge in [0.1, 0.15) is 10.8 Å². The Morgan fingerprint density at radius 2 is 2.33 bits per heavy atom. The fraction of sp³-hybridized carbons (Fsp3) is 0.667. The van der Waals surface area contributed by atoms with Crippen LogP contribution in [0.2, 0.25) is 0 Å². The summed E-state index contributed by atoms with van der Waals surface area (Å²) < 4.78 is 22.1. The topological polar surface area (TPSA) is 59.1 Å². The first-order valence-corrected chi connectivity index (χ1v) is 7.81. The standard InChI is InChI=1S/C9H14N2O2S2/c1-15(12,13)6-9-11-8(5-14-9)4-10-7-2-3-7/h5,7,10H,2-4,6H2,1H3. The van der Waals surface area contributed by atoms with Crippen LogP contribution in [0.1, 0.15) is 23.5 Å². The van der Waals surface area contributed by atoms with E-state index in [0.717, 1.165) is 12.2 Å². The van der Waals surface area contributed by atoms with E-state index in [9.17, 15) is 8.42 Å². The molecule has 1 fully saturated rings. The van der Waals surface area contributed by atoms with Crippen molar-refractivity contribution in [3.05, 3.63) is 16.1 Å². The van der Waals surface area contributed by atoms with Gasteiger partial charge in [0.25, 0.3) is 0 Å². The first kappa shape index (κ1) is 11.0. The van der Waals surface area contributed by atoms with Crippen LogP contribution in [0.5, 0.6) is 0 Å². The van der Waals surface area contributed by atoms with Gasteiger partial charge in [-0.05, 0) is 12.8 Å². The summed E-state index contributed by atoms with van der Waals surface area (Å²) in [6.07, 6.45) is 3.73. The number of rotatable bonds is 5. The summed E-state index contributed by atoms with van der Waals surface area (Å²) >= 11 is 1.42. The van der Waals surface area contributed by atoms with E-state index < -0.39 is 9.84 Å². The number of sulfone groups is 1. The van der Waals surface area contributed by atoms with Crippen LogP contribution < -0.4 is 5.32 Å². The molecule has 0 saturated heterocycles. The monoisotopic (exact) mass is 246 g/mol. The third-order valence-electron chi connectivity index (χ3n) is 2.13. The molecular formula is C9H14N2O2S2. The molecule has 1 N–H and O–H groups in total. The predicted molar refractivity (Wildman–Crippen MR) is 60.5 cm³/mol. The molecule has 1 aromatic heterocycles. The third-order valence-corrected chi connectivity index (χ3v) is 4.01. The van der Waals surface area contributed by atoms with Crippen molar-refractivity contribution in [2.45, 2.75) is 31.2 Å². The second-order valence-corrected chi connectivity index (χ2v) is 7.04. The summed E-state index contributed by atoms with van der Waals surface area (Å²) in [4.78, 5) is 4.27. The zero-order valence-corrected chi connectivity index (χ0v) is 10.2. The molecule has 6 heteroatoms. The molecule has 0 aliphatic heterocycles. The van der Waals surface area contributed by atoms with Crippen molar-refractivity contribution in [1.29, 1.82) is 0 Å². The minimum Gasteiger partial charge on any atom is -0.308 e. The second-order valence-electron chi connectivity index (χ2n) is 3.96. The van der Waals surface area contributed by atoms with Gasteiger partial charge in [0.2, 0.25) is 0 Å². The fourth-order valence-electron chi connectivity index (χ4n) is 1.26. The average Bonchev–Trinajstić information content (AvgIpc) is 2.83. The van der Waals surface area contributed by atoms with Crippen molar-refractivity contribution in [3.63, 3.8) is 0 Å². The van der Waals surface area contributed by atoms with Crippen LogP contribution in [0.15, 0.2) is 5.38 Å². The maximum absolute atomic E-state index is 11.0. The van der Waals surface area contributed by atoms with Gasteiger partial charge >= 0.3 is 0 Å². The number of nitrogens with one attached hydrogen (secondary N) is 1. The summed E-state index contributed by atoms with van der Waals surface area (Å²) in [6, 6.07) is 0.657. The molecule has 15 heavy (non-hydrogen) atoms. The SMILES string of the molecule is CS(=O)(=O)Cc1nc(CNC2CC2)cs1. The van der Waals surface area contributed by atoms with E-state index in [0.29, 0.717) is 11.0 Å². The second kappa shape index (κ2) is 4.19. The minimum absolute atomic E-state index is 0.0566. The largest absolute Gasteiger partial charge is 0.308 e. The molecule has 1 heterocycles. The Morgan fingerprint density at radius 1 is 1.60 bits per heavy atom. The lowest BCUT2D eigenvalue weighted by Crippen LogP contribution is -2.15. The Bertz CT molecular complexity index is 435. The minimum atomic E-state index is -2.96. The van der Waals surface area contributed by atoms with Crippen LogP contribution in [-0.2, 0) is 22.1 Å². The maximum atomic E-state index is 11.0. The van der Waals surface area contributed by atoms with Crippen molar-refractivity contribution in [2.24, 2.45) is 0 Å². The van der Waals surface area contributed by atoms with Crippen LogP contribution in [0.25, 0.3) is 0 Å². The predicted octanol–water partition coefficient (Wildman–Crippen LogP) is 0.940. The van der Waals surface area contributed by atoms with E-state index in [2.05, 4.69) is 10.3 Å². The van der Waals surface area contributed by atoms with Crippen LogP contribution in [-0.4, -0.2) is 25.7 Å². The van der Waals surface area contributed by atoms with E-state index in [1.54, 1.807) is 0 Å². The summed E-state index contributed by atoms with van der Waals surface area (Å²) in [5.74, 6) is 0.0566. The van der Waals surface area contributed by atoms with Crippen LogP contribution in [0.3, 0.4) is 0 Å². The Kier molecular flexibility index (Phi) is 3.08. The lowest BCUT2D eigenvalue weighted by atomic mass is 10.5. The summed E-state index contributed by atoms with van der Waals surface area (Å²) in [5.41, 5.74) is 0.950. The molecule has 1 aliphatic carbocycles. The van der Waals surface area contributed by atoms with E-state index in [4.69, 9.17) is 0 Å². The zero-order valence-electron chi connectivity index (χ0n) is 8.56. The molecule has 1 aromatic rings. The molecule has 0 radical (unpaired) electrons. The van der Waals surface area contributed by atoms with Crippen molar-refractivity contribution in [2.75, 3.05) is 6.26 Å². The van der Waals surface area contributed by atoms with Gasteiger partial charge in [-0.15, -0.1) is 11.3 Å². The molecule has 0 spiro atoms. The van der Waals surface area contributed by atoms with Gasteiger partial charge in [-0.2, -0.15) is 0 Å². The normalized spacial score (nSPS) is 16.9. The molecule has 0 amide bonds. The number of hydrogen-bond donors (Lipinski definition) is 1. The first-order chi connectivity index (χ1) is 7.03. The quantitative estimate of drug-likeness (QED) is 0.840. The van der Waals surface area contributed by atoms with Gasteiger partial charge in [-0.1, -0.05) is 0 Å². The highest BCUT2D eigenvalue weighted by atomic mass is 32.2. The average molecular weight is 246 g/mol. The van der Waals surface area contributed by atoms with Crippen molar-refractivity contribution in [1.82, 2.24) is 10.3 Å². The van der Waals surface area contributed by atoms with E-state index in [1.165, 1.54) is 30.4 Å². The number of hydrogen-bond acceptors (Lipinski definition) is 5. The molecule has 1 aliphatic rings. The van der Waals surface area contributed by atoms with E-state index >= 15 is 0 Å². The molecule has 2 rings (SSSR count). The molecule has 84 valence electrons. The summed E-state index contributed by atoms with van der Waals surface area (Å²) in [7, 11) is -2.96. The zero-order chi connectivity index (χ0) is 10.9. The van der Waals surface area contributed by atoms with Crippen molar-refractivity contribution >= 4 is 21.2 Å². The van der Waals surface area contributed by atoms with Gasteiger partial charge in [0, 0.05) is 24.2 Å². The fourth-order valence-corrected chi connectivity index (χ4v) is 3.26. The molecule has 0 bridgehead atoms. The van der Waals surface area contributed by atoms with Crippen molar-refractivity contribution in [3.8, 4) is 0 Å². The number of thiazole rings is 1. The van der Waals surface area contributed by atoms with E-state index in [-0.39, 0.29) is 5.75 Å². The summed E-state index contributed by atoms with van der Waals surface area (Å²) in [6.45, 7) is 0.755. The highest BCUT2D eigenvalue weighted by molar-refractivity contribution is 7.90. The van der Waals surface area contributed by atoms with E-state index in [1.807, 2.05) is 5.38 Å². The molecule has 0 atom stereocenters. The van der Waals surface area contributed by atoms with Crippen LogP contribution in [0.4, 0.5) is 0 Å². The molecule has 0 unspecified atom stereocenters. The Hall–Kier alpha value is -0.460. The van der Waals surface area contributed by atoms with Gasteiger partial charge < -0.3 is 5.32 Å². The first-order valence-electron chi connectivity index (χ1n) is 4.87. The third kappa shape index (κ3) is 3.89. The molecule has 1 saturated carbocycles. The molecular weight excluding hydrogens is 232 g/mol. The summed E-state index contributed by atoms with van der Waals surface area (Å²) in [5, 5.41) is 5.96. The van der Waals surface area contributed by atoms with Gasteiger partial charge in [-0.3, -0.25) is 0 Å². The lowest BCUT2D eigenvalue weighted by molar-refractivity contribution is 0.600. The van der Waals surface area contributed by atoms with Gasteiger partial charge in [0.05, 0.1) is 5.69 Å². The van der Waals surface area contributed by atoms with Gasteiger partial charge in [-0.25, -0.2) is 13.4 Å².